The van der Waals surface area contributed by atoms with Crippen molar-refractivity contribution in [2.24, 2.45) is 11.7 Å². The van der Waals surface area contributed by atoms with Crippen LogP contribution in [-0.4, -0.2) is 13.2 Å². The summed E-state index contributed by atoms with van der Waals surface area (Å²) in [5.41, 5.74) is 7.61. The zero-order valence-electron chi connectivity index (χ0n) is 10.9. The minimum Gasteiger partial charge on any atom is -0.494 e. The fraction of sp³-hybridized carbons (Fsp3) is 0.600. The van der Waals surface area contributed by atoms with Crippen molar-refractivity contribution < 1.29 is 4.74 Å². The molecule has 0 radical (unpaired) electrons. The lowest BCUT2D eigenvalue weighted by Crippen LogP contribution is -2.46. The van der Waals surface area contributed by atoms with Gasteiger partial charge in [0.2, 0.25) is 0 Å². The van der Waals surface area contributed by atoms with Gasteiger partial charge < -0.3 is 10.5 Å². The highest BCUT2D eigenvalue weighted by atomic mass is 16.5. The standard InChI is InChI=1S/C15H23NO/c1-3-12-9-15(10-12,11-16)13-5-7-14(8-6-13)17-4-2/h5-8,12H,3-4,9-11,16H2,1-2H3. The molecular weight excluding hydrogens is 210 g/mol. The van der Waals surface area contributed by atoms with Gasteiger partial charge in [0.05, 0.1) is 6.61 Å². The predicted octanol–water partition coefficient (Wildman–Crippen LogP) is 3.10. The van der Waals surface area contributed by atoms with Crippen LogP contribution in [-0.2, 0) is 5.41 Å². The van der Waals surface area contributed by atoms with Crippen molar-refractivity contribution in [2.75, 3.05) is 13.2 Å². The van der Waals surface area contributed by atoms with E-state index in [0.717, 1.165) is 24.8 Å². The molecule has 0 saturated heterocycles. The topological polar surface area (TPSA) is 35.2 Å². The van der Waals surface area contributed by atoms with Gasteiger partial charge in [-0.25, -0.2) is 0 Å². The summed E-state index contributed by atoms with van der Waals surface area (Å²) in [5, 5.41) is 0. The van der Waals surface area contributed by atoms with Crippen LogP contribution in [0.25, 0.3) is 0 Å². The normalized spacial score (nSPS) is 27.6. The lowest BCUT2D eigenvalue weighted by molar-refractivity contribution is 0.144. The second kappa shape index (κ2) is 5.09. The van der Waals surface area contributed by atoms with Crippen molar-refractivity contribution in [1.29, 1.82) is 0 Å². The summed E-state index contributed by atoms with van der Waals surface area (Å²) in [4.78, 5) is 0. The molecule has 0 bridgehead atoms. The number of ether oxygens (including phenoxy) is 1. The van der Waals surface area contributed by atoms with E-state index in [2.05, 4.69) is 31.2 Å². The summed E-state index contributed by atoms with van der Waals surface area (Å²) in [6.45, 7) is 5.76. The number of benzene rings is 1. The quantitative estimate of drug-likeness (QED) is 0.848. The highest BCUT2D eigenvalue weighted by molar-refractivity contribution is 5.34. The zero-order chi connectivity index (χ0) is 12.3. The van der Waals surface area contributed by atoms with Gasteiger partial charge in [0, 0.05) is 12.0 Å². The molecule has 1 aliphatic rings. The molecule has 0 heterocycles. The molecular formula is C15H23NO. The molecule has 2 N–H and O–H groups in total. The van der Waals surface area contributed by atoms with E-state index in [1.807, 2.05) is 6.92 Å². The molecule has 0 aliphatic heterocycles. The van der Waals surface area contributed by atoms with Gasteiger partial charge in [-0.3, -0.25) is 0 Å². The minimum atomic E-state index is 0.241. The molecule has 17 heavy (non-hydrogen) atoms. The van der Waals surface area contributed by atoms with Crippen LogP contribution in [0, 0.1) is 5.92 Å². The Morgan fingerprint density at radius 3 is 2.35 bits per heavy atom. The van der Waals surface area contributed by atoms with E-state index in [0.29, 0.717) is 0 Å². The van der Waals surface area contributed by atoms with E-state index >= 15 is 0 Å². The Kier molecular flexibility index (Phi) is 3.72. The van der Waals surface area contributed by atoms with Crippen LogP contribution in [0.2, 0.25) is 0 Å². The molecule has 2 nitrogen and oxygen atoms in total. The maximum Gasteiger partial charge on any atom is 0.119 e. The highest BCUT2D eigenvalue weighted by Crippen LogP contribution is 2.48. The molecule has 94 valence electrons. The van der Waals surface area contributed by atoms with Gasteiger partial charge in [0.15, 0.2) is 0 Å². The maximum absolute atomic E-state index is 5.98. The van der Waals surface area contributed by atoms with E-state index in [1.165, 1.54) is 24.8 Å². The lowest BCUT2D eigenvalue weighted by atomic mass is 9.58. The molecule has 0 unspecified atom stereocenters. The molecule has 1 saturated carbocycles. The number of rotatable bonds is 5. The maximum atomic E-state index is 5.98. The predicted molar refractivity (Wildman–Crippen MR) is 71.4 cm³/mol. The van der Waals surface area contributed by atoms with Crippen LogP contribution in [0.15, 0.2) is 24.3 Å². The van der Waals surface area contributed by atoms with Crippen LogP contribution in [0.1, 0.15) is 38.7 Å². The first kappa shape index (κ1) is 12.4. The first-order chi connectivity index (χ1) is 8.24. The molecule has 1 aliphatic carbocycles. The molecule has 0 amide bonds. The summed E-state index contributed by atoms with van der Waals surface area (Å²) in [5.74, 6) is 1.82. The van der Waals surface area contributed by atoms with Crippen LogP contribution >= 0.6 is 0 Å². The Bertz CT molecular complexity index is 352. The fourth-order valence-corrected chi connectivity index (χ4v) is 2.93. The van der Waals surface area contributed by atoms with Gasteiger partial charge in [-0.15, -0.1) is 0 Å². The Balaban J connectivity index is 2.10. The molecule has 0 atom stereocenters. The molecule has 1 aromatic carbocycles. The van der Waals surface area contributed by atoms with Gasteiger partial charge in [0.25, 0.3) is 0 Å². The number of nitrogens with two attached hydrogens (primary N) is 1. The molecule has 0 aromatic heterocycles. The smallest absolute Gasteiger partial charge is 0.119 e. The van der Waals surface area contributed by atoms with Crippen molar-refractivity contribution in [3.05, 3.63) is 29.8 Å². The molecule has 1 fully saturated rings. The largest absolute Gasteiger partial charge is 0.494 e. The van der Waals surface area contributed by atoms with E-state index in [-0.39, 0.29) is 5.41 Å². The first-order valence-electron chi connectivity index (χ1n) is 6.67. The third kappa shape index (κ3) is 2.32. The Hall–Kier alpha value is -1.02. The summed E-state index contributed by atoms with van der Waals surface area (Å²) in [7, 11) is 0. The third-order valence-electron chi connectivity index (χ3n) is 4.10. The van der Waals surface area contributed by atoms with Crippen LogP contribution < -0.4 is 10.5 Å². The summed E-state index contributed by atoms with van der Waals surface area (Å²) in [6.07, 6.45) is 3.76. The van der Waals surface area contributed by atoms with Crippen molar-refractivity contribution >= 4 is 0 Å². The van der Waals surface area contributed by atoms with Crippen LogP contribution in [0.4, 0.5) is 0 Å². The number of hydrogen-bond acceptors (Lipinski definition) is 2. The van der Waals surface area contributed by atoms with Crippen molar-refractivity contribution in [2.45, 2.75) is 38.5 Å². The zero-order valence-corrected chi connectivity index (χ0v) is 10.9. The third-order valence-corrected chi connectivity index (χ3v) is 4.10. The Labute approximate surface area is 104 Å². The fourth-order valence-electron chi connectivity index (χ4n) is 2.93. The monoisotopic (exact) mass is 233 g/mol. The van der Waals surface area contributed by atoms with Crippen molar-refractivity contribution in [1.82, 2.24) is 0 Å². The lowest BCUT2D eigenvalue weighted by Gasteiger charge is -2.47. The van der Waals surface area contributed by atoms with Crippen molar-refractivity contribution in [3.63, 3.8) is 0 Å². The SMILES string of the molecule is CCOc1ccc(C2(CN)CC(CC)C2)cc1. The van der Waals surface area contributed by atoms with E-state index in [1.54, 1.807) is 0 Å². The van der Waals surface area contributed by atoms with Crippen LogP contribution in [0.3, 0.4) is 0 Å². The van der Waals surface area contributed by atoms with Gasteiger partial charge in [0.1, 0.15) is 5.75 Å². The average molecular weight is 233 g/mol. The molecule has 2 rings (SSSR count). The van der Waals surface area contributed by atoms with Crippen molar-refractivity contribution in [3.8, 4) is 5.75 Å². The van der Waals surface area contributed by atoms with E-state index < -0.39 is 0 Å². The Morgan fingerprint density at radius 2 is 1.88 bits per heavy atom. The average Bonchev–Trinajstić information content (AvgIpc) is 2.31. The second-order valence-electron chi connectivity index (χ2n) is 5.12. The molecule has 1 aromatic rings. The highest BCUT2D eigenvalue weighted by Gasteiger charge is 2.43. The first-order valence-corrected chi connectivity index (χ1v) is 6.67. The molecule has 0 spiro atoms. The van der Waals surface area contributed by atoms with Gasteiger partial charge in [-0.05, 0) is 43.4 Å². The second-order valence-corrected chi connectivity index (χ2v) is 5.12. The van der Waals surface area contributed by atoms with E-state index in [4.69, 9.17) is 10.5 Å². The van der Waals surface area contributed by atoms with Gasteiger partial charge >= 0.3 is 0 Å². The van der Waals surface area contributed by atoms with E-state index in [9.17, 15) is 0 Å². The Morgan fingerprint density at radius 1 is 1.24 bits per heavy atom. The summed E-state index contributed by atoms with van der Waals surface area (Å²) in [6, 6.07) is 8.50. The minimum absolute atomic E-state index is 0.241. The number of hydrogen-bond donors (Lipinski definition) is 1. The summed E-state index contributed by atoms with van der Waals surface area (Å²) >= 11 is 0. The summed E-state index contributed by atoms with van der Waals surface area (Å²) < 4.78 is 5.47. The molecule has 2 heteroatoms. The van der Waals surface area contributed by atoms with Crippen LogP contribution in [0.5, 0.6) is 5.75 Å². The van der Waals surface area contributed by atoms with Gasteiger partial charge in [-0.2, -0.15) is 0 Å². The van der Waals surface area contributed by atoms with Gasteiger partial charge in [-0.1, -0.05) is 25.5 Å².